The molecule has 7 heteroatoms. The van der Waals surface area contributed by atoms with Crippen LogP contribution in [0.1, 0.15) is 28.8 Å². The molecule has 0 bridgehead atoms. The SMILES string of the molecule is CCOC(=O)c1nc(CN2C[C@@H](O)C[C@H]2CO)cs1. The van der Waals surface area contributed by atoms with Gasteiger partial charge in [0.15, 0.2) is 0 Å². The molecule has 2 rings (SSSR count). The lowest BCUT2D eigenvalue weighted by Gasteiger charge is -2.20. The summed E-state index contributed by atoms with van der Waals surface area (Å²) >= 11 is 1.25. The van der Waals surface area contributed by atoms with Gasteiger partial charge in [-0.3, -0.25) is 4.90 Å². The predicted molar refractivity (Wildman–Crippen MR) is 70.0 cm³/mol. The van der Waals surface area contributed by atoms with Crippen molar-refractivity contribution < 1.29 is 19.7 Å². The molecule has 1 aliphatic heterocycles. The maximum atomic E-state index is 11.5. The summed E-state index contributed by atoms with van der Waals surface area (Å²) < 4.78 is 4.89. The largest absolute Gasteiger partial charge is 0.461 e. The number of likely N-dealkylation sites (tertiary alicyclic amines) is 1. The van der Waals surface area contributed by atoms with E-state index in [1.807, 2.05) is 10.3 Å². The molecule has 1 aromatic heterocycles. The molecule has 0 radical (unpaired) electrons. The van der Waals surface area contributed by atoms with E-state index >= 15 is 0 Å². The third kappa shape index (κ3) is 3.50. The zero-order chi connectivity index (χ0) is 13.8. The molecule has 106 valence electrons. The summed E-state index contributed by atoms with van der Waals surface area (Å²) in [5.41, 5.74) is 0.764. The van der Waals surface area contributed by atoms with Gasteiger partial charge in [-0.15, -0.1) is 11.3 Å². The third-order valence-electron chi connectivity index (χ3n) is 3.08. The third-order valence-corrected chi connectivity index (χ3v) is 3.95. The van der Waals surface area contributed by atoms with Gasteiger partial charge in [-0.05, 0) is 13.3 Å². The number of aliphatic hydroxyl groups excluding tert-OH is 2. The minimum absolute atomic E-state index is 0.0198. The number of aliphatic hydroxyl groups is 2. The first-order chi connectivity index (χ1) is 9.13. The van der Waals surface area contributed by atoms with Crippen LogP contribution < -0.4 is 0 Å². The van der Waals surface area contributed by atoms with Crippen LogP contribution >= 0.6 is 11.3 Å². The van der Waals surface area contributed by atoms with E-state index in [9.17, 15) is 15.0 Å². The van der Waals surface area contributed by atoms with Crippen molar-refractivity contribution in [2.75, 3.05) is 19.8 Å². The molecule has 0 aliphatic carbocycles. The summed E-state index contributed by atoms with van der Waals surface area (Å²) in [6, 6.07) is -0.0391. The van der Waals surface area contributed by atoms with E-state index in [4.69, 9.17) is 4.74 Å². The van der Waals surface area contributed by atoms with Crippen molar-refractivity contribution in [3.8, 4) is 0 Å². The molecule has 0 unspecified atom stereocenters. The van der Waals surface area contributed by atoms with Crippen molar-refractivity contribution in [2.24, 2.45) is 0 Å². The first kappa shape index (κ1) is 14.4. The molecule has 6 nitrogen and oxygen atoms in total. The molecule has 2 N–H and O–H groups in total. The highest BCUT2D eigenvalue weighted by atomic mass is 32.1. The summed E-state index contributed by atoms with van der Waals surface area (Å²) in [6.45, 7) is 3.16. The highest BCUT2D eigenvalue weighted by Gasteiger charge is 2.30. The maximum absolute atomic E-state index is 11.5. The number of carbonyl (C=O) groups excluding carboxylic acids is 1. The molecular weight excluding hydrogens is 268 g/mol. The molecule has 19 heavy (non-hydrogen) atoms. The van der Waals surface area contributed by atoms with Crippen LogP contribution in [-0.2, 0) is 11.3 Å². The first-order valence-corrected chi connectivity index (χ1v) is 7.16. The van der Waals surface area contributed by atoms with Gasteiger partial charge in [0, 0.05) is 24.5 Å². The van der Waals surface area contributed by atoms with Gasteiger partial charge in [-0.1, -0.05) is 0 Å². The van der Waals surface area contributed by atoms with Gasteiger partial charge in [0.1, 0.15) is 0 Å². The Morgan fingerprint density at radius 1 is 1.68 bits per heavy atom. The van der Waals surface area contributed by atoms with Crippen LogP contribution in [0.2, 0.25) is 0 Å². The van der Waals surface area contributed by atoms with E-state index in [2.05, 4.69) is 4.98 Å². The number of hydrogen-bond acceptors (Lipinski definition) is 7. The topological polar surface area (TPSA) is 82.9 Å². The highest BCUT2D eigenvalue weighted by molar-refractivity contribution is 7.11. The van der Waals surface area contributed by atoms with E-state index in [-0.39, 0.29) is 12.6 Å². The molecule has 2 atom stereocenters. The van der Waals surface area contributed by atoms with Crippen molar-refractivity contribution in [2.45, 2.75) is 32.0 Å². The Labute approximate surface area is 115 Å². The van der Waals surface area contributed by atoms with Gasteiger partial charge in [0.05, 0.1) is 25.0 Å². The van der Waals surface area contributed by atoms with Crippen LogP contribution in [0.3, 0.4) is 0 Å². The minimum Gasteiger partial charge on any atom is -0.461 e. The Morgan fingerprint density at radius 2 is 2.47 bits per heavy atom. The molecule has 0 aromatic carbocycles. The Kier molecular flexibility index (Phi) is 4.87. The van der Waals surface area contributed by atoms with Crippen molar-refractivity contribution >= 4 is 17.3 Å². The number of thiazole rings is 1. The quantitative estimate of drug-likeness (QED) is 0.755. The molecular formula is C12H18N2O4S. The van der Waals surface area contributed by atoms with E-state index in [1.54, 1.807) is 6.92 Å². The molecule has 1 aliphatic rings. The molecule has 2 heterocycles. The summed E-state index contributed by atoms with van der Waals surface area (Å²) in [5, 5.41) is 21.0. The van der Waals surface area contributed by atoms with Gasteiger partial charge in [-0.25, -0.2) is 9.78 Å². The summed E-state index contributed by atoms with van der Waals surface area (Å²) in [5.74, 6) is -0.404. The van der Waals surface area contributed by atoms with Crippen molar-refractivity contribution in [3.05, 3.63) is 16.1 Å². The Bertz CT molecular complexity index is 437. The standard InChI is InChI=1S/C12H18N2O4S/c1-2-18-12(17)11-13-8(7-19-11)4-14-5-10(16)3-9(14)6-15/h7,9-10,15-16H,2-6H2,1H3/t9-,10-/m0/s1. The van der Waals surface area contributed by atoms with Gasteiger partial charge < -0.3 is 14.9 Å². The second-order valence-electron chi connectivity index (χ2n) is 4.52. The highest BCUT2D eigenvalue weighted by Crippen LogP contribution is 2.21. The number of nitrogens with zero attached hydrogens (tertiary/aromatic N) is 2. The van der Waals surface area contributed by atoms with Gasteiger partial charge in [0.25, 0.3) is 0 Å². The van der Waals surface area contributed by atoms with Crippen LogP contribution in [-0.4, -0.2) is 58.0 Å². The number of carbonyl (C=O) groups is 1. The minimum atomic E-state index is -0.404. The smallest absolute Gasteiger partial charge is 0.367 e. The predicted octanol–water partition coefficient (Wildman–Crippen LogP) is 0.247. The fourth-order valence-electron chi connectivity index (χ4n) is 2.22. The first-order valence-electron chi connectivity index (χ1n) is 6.28. The second-order valence-corrected chi connectivity index (χ2v) is 5.38. The molecule has 1 aromatic rings. The van der Waals surface area contributed by atoms with Crippen LogP contribution in [0.25, 0.3) is 0 Å². The van der Waals surface area contributed by atoms with Crippen molar-refractivity contribution in [3.63, 3.8) is 0 Å². The number of β-amino-alcohol motifs (C(OH)–C–C–N with tert-alkyl or cyclic N) is 1. The monoisotopic (exact) mass is 286 g/mol. The lowest BCUT2D eigenvalue weighted by atomic mass is 10.2. The molecule has 0 spiro atoms. The molecule has 1 saturated heterocycles. The van der Waals surface area contributed by atoms with Crippen LogP contribution in [0, 0.1) is 0 Å². The van der Waals surface area contributed by atoms with Crippen LogP contribution in [0.4, 0.5) is 0 Å². The molecule has 1 fully saturated rings. The Morgan fingerprint density at radius 3 is 3.16 bits per heavy atom. The number of esters is 1. The van der Waals surface area contributed by atoms with Crippen molar-refractivity contribution in [1.29, 1.82) is 0 Å². The molecule has 0 amide bonds. The zero-order valence-electron chi connectivity index (χ0n) is 10.8. The summed E-state index contributed by atoms with van der Waals surface area (Å²) in [4.78, 5) is 17.7. The van der Waals surface area contributed by atoms with E-state index in [1.165, 1.54) is 11.3 Å². The number of ether oxygens (including phenoxy) is 1. The average molecular weight is 286 g/mol. The number of rotatable bonds is 5. The second kappa shape index (κ2) is 6.42. The lowest BCUT2D eigenvalue weighted by molar-refractivity contribution is 0.0525. The Balaban J connectivity index is 1.98. The van der Waals surface area contributed by atoms with E-state index < -0.39 is 12.1 Å². The maximum Gasteiger partial charge on any atom is 0.367 e. The van der Waals surface area contributed by atoms with E-state index in [0.717, 1.165) is 5.69 Å². The van der Waals surface area contributed by atoms with Gasteiger partial charge in [0.2, 0.25) is 5.01 Å². The van der Waals surface area contributed by atoms with Crippen LogP contribution in [0.15, 0.2) is 5.38 Å². The average Bonchev–Trinajstić information content (AvgIpc) is 2.97. The summed E-state index contributed by atoms with van der Waals surface area (Å²) in [7, 11) is 0. The van der Waals surface area contributed by atoms with Crippen LogP contribution in [0.5, 0.6) is 0 Å². The fraction of sp³-hybridized carbons (Fsp3) is 0.667. The zero-order valence-corrected chi connectivity index (χ0v) is 11.6. The number of hydrogen-bond donors (Lipinski definition) is 2. The van der Waals surface area contributed by atoms with Gasteiger partial charge >= 0.3 is 5.97 Å². The van der Waals surface area contributed by atoms with Crippen molar-refractivity contribution in [1.82, 2.24) is 9.88 Å². The normalized spacial score (nSPS) is 23.7. The summed E-state index contributed by atoms with van der Waals surface area (Å²) in [6.07, 6.45) is 0.172. The van der Waals surface area contributed by atoms with E-state index in [0.29, 0.717) is 31.1 Å². The lowest BCUT2D eigenvalue weighted by Crippen LogP contribution is -2.32. The number of aromatic nitrogens is 1. The molecule has 0 saturated carbocycles. The Hall–Kier alpha value is -1.02. The fourth-order valence-corrected chi connectivity index (χ4v) is 2.92. The van der Waals surface area contributed by atoms with Gasteiger partial charge in [-0.2, -0.15) is 0 Å².